The summed E-state index contributed by atoms with van der Waals surface area (Å²) in [6.07, 6.45) is -2.98. The van der Waals surface area contributed by atoms with Gasteiger partial charge in [-0.25, -0.2) is 0 Å². The van der Waals surface area contributed by atoms with Crippen LogP contribution in [0.3, 0.4) is 0 Å². The Balaban J connectivity index is 1.75. The van der Waals surface area contributed by atoms with Crippen molar-refractivity contribution in [1.82, 2.24) is 5.32 Å². The van der Waals surface area contributed by atoms with Gasteiger partial charge in [0, 0.05) is 19.1 Å². The standard InChI is InChI=1S/C20H22F3NO2/c21-20(22,23)16-7-9-18(10-8-16)26-19(15-5-2-1-3-6-15)13-17-14-25-12-4-11-24-17/h1-3,5-10,17,19,24H,4,11-14H2/t17-,19-/m1/s1. The maximum Gasteiger partial charge on any atom is 0.416 e. The molecule has 140 valence electrons. The molecule has 2 aromatic rings. The first-order valence-electron chi connectivity index (χ1n) is 8.72. The highest BCUT2D eigenvalue weighted by atomic mass is 19.4. The maximum atomic E-state index is 12.7. The van der Waals surface area contributed by atoms with Crippen LogP contribution in [-0.4, -0.2) is 25.8 Å². The summed E-state index contributed by atoms with van der Waals surface area (Å²) in [6, 6.07) is 14.7. The molecule has 1 N–H and O–H groups in total. The molecular formula is C20H22F3NO2. The number of halogens is 3. The fraction of sp³-hybridized carbons (Fsp3) is 0.400. The molecule has 3 nitrogen and oxygen atoms in total. The Bertz CT molecular complexity index is 666. The third-order valence-electron chi connectivity index (χ3n) is 4.35. The van der Waals surface area contributed by atoms with E-state index in [1.165, 1.54) is 12.1 Å². The molecule has 1 aliphatic rings. The van der Waals surface area contributed by atoms with Crippen LogP contribution in [-0.2, 0) is 10.9 Å². The summed E-state index contributed by atoms with van der Waals surface area (Å²) in [5, 5.41) is 3.44. The first-order valence-corrected chi connectivity index (χ1v) is 8.72. The van der Waals surface area contributed by atoms with E-state index >= 15 is 0 Å². The van der Waals surface area contributed by atoms with Crippen molar-refractivity contribution in [3.63, 3.8) is 0 Å². The van der Waals surface area contributed by atoms with Gasteiger partial charge in [0.25, 0.3) is 0 Å². The molecule has 26 heavy (non-hydrogen) atoms. The Labute approximate surface area is 151 Å². The molecule has 2 aromatic carbocycles. The predicted molar refractivity (Wildman–Crippen MR) is 93.1 cm³/mol. The first kappa shape index (κ1) is 18.7. The van der Waals surface area contributed by atoms with Gasteiger partial charge in [-0.1, -0.05) is 30.3 Å². The molecule has 0 bridgehead atoms. The minimum atomic E-state index is -4.35. The fourth-order valence-electron chi connectivity index (χ4n) is 2.98. The van der Waals surface area contributed by atoms with E-state index in [1.807, 2.05) is 30.3 Å². The molecule has 6 heteroatoms. The van der Waals surface area contributed by atoms with E-state index < -0.39 is 11.7 Å². The van der Waals surface area contributed by atoms with Gasteiger partial charge in [0.05, 0.1) is 12.2 Å². The maximum absolute atomic E-state index is 12.7. The van der Waals surface area contributed by atoms with Gasteiger partial charge in [0.15, 0.2) is 0 Å². The summed E-state index contributed by atoms with van der Waals surface area (Å²) in [5.41, 5.74) is 0.304. The summed E-state index contributed by atoms with van der Waals surface area (Å²) < 4.78 is 49.8. The molecule has 0 radical (unpaired) electrons. The molecule has 3 rings (SSSR count). The molecule has 0 saturated carbocycles. The van der Waals surface area contributed by atoms with Crippen LogP contribution < -0.4 is 10.1 Å². The number of hydrogen-bond donors (Lipinski definition) is 1. The highest BCUT2D eigenvalue weighted by molar-refractivity contribution is 5.30. The van der Waals surface area contributed by atoms with Crippen LogP contribution >= 0.6 is 0 Å². The summed E-state index contributed by atoms with van der Waals surface area (Å²) >= 11 is 0. The number of hydrogen-bond acceptors (Lipinski definition) is 3. The molecule has 1 fully saturated rings. The fourth-order valence-corrected chi connectivity index (χ4v) is 2.98. The second kappa shape index (κ2) is 8.56. The highest BCUT2D eigenvalue weighted by Crippen LogP contribution is 2.32. The van der Waals surface area contributed by atoms with Crippen LogP contribution in [0.5, 0.6) is 5.75 Å². The highest BCUT2D eigenvalue weighted by Gasteiger charge is 2.30. The number of nitrogens with one attached hydrogen (secondary N) is 1. The van der Waals surface area contributed by atoms with Crippen molar-refractivity contribution in [3.05, 3.63) is 65.7 Å². The lowest BCUT2D eigenvalue weighted by Crippen LogP contribution is -2.34. The van der Waals surface area contributed by atoms with Crippen LogP contribution in [0, 0.1) is 0 Å². The van der Waals surface area contributed by atoms with Crippen LogP contribution in [0.15, 0.2) is 54.6 Å². The van der Waals surface area contributed by atoms with E-state index in [0.29, 0.717) is 18.8 Å². The molecule has 1 heterocycles. The quantitative estimate of drug-likeness (QED) is 0.840. The number of benzene rings is 2. The van der Waals surface area contributed by atoms with Crippen molar-refractivity contribution < 1.29 is 22.6 Å². The average Bonchev–Trinajstić information content (AvgIpc) is 2.90. The van der Waals surface area contributed by atoms with Crippen LogP contribution in [0.4, 0.5) is 13.2 Å². The largest absolute Gasteiger partial charge is 0.486 e. The monoisotopic (exact) mass is 365 g/mol. The third-order valence-corrected chi connectivity index (χ3v) is 4.35. The first-order chi connectivity index (χ1) is 12.5. The van der Waals surface area contributed by atoms with Crippen LogP contribution in [0.25, 0.3) is 0 Å². The Hall–Kier alpha value is -2.05. The minimum absolute atomic E-state index is 0.136. The Morgan fingerprint density at radius 3 is 2.50 bits per heavy atom. The molecule has 1 aliphatic heterocycles. The lowest BCUT2D eigenvalue weighted by molar-refractivity contribution is -0.137. The summed E-state index contributed by atoms with van der Waals surface area (Å²) in [6.45, 7) is 2.21. The predicted octanol–water partition coefficient (Wildman–Crippen LogP) is 4.59. The van der Waals surface area contributed by atoms with Gasteiger partial charge in [-0.05, 0) is 42.8 Å². The minimum Gasteiger partial charge on any atom is -0.486 e. The van der Waals surface area contributed by atoms with Crippen molar-refractivity contribution in [2.45, 2.75) is 31.2 Å². The summed E-state index contributed by atoms with van der Waals surface area (Å²) in [4.78, 5) is 0. The third kappa shape index (κ3) is 5.22. The Kier molecular flexibility index (Phi) is 6.16. The number of alkyl halides is 3. The van der Waals surface area contributed by atoms with E-state index in [9.17, 15) is 13.2 Å². The topological polar surface area (TPSA) is 30.5 Å². The van der Waals surface area contributed by atoms with E-state index in [4.69, 9.17) is 9.47 Å². The lowest BCUT2D eigenvalue weighted by atomic mass is 10.0. The van der Waals surface area contributed by atoms with Gasteiger partial charge < -0.3 is 14.8 Å². The lowest BCUT2D eigenvalue weighted by Gasteiger charge is -2.25. The van der Waals surface area contributed by atoms with Crippen molar-refractivity contribution in [1.29, 1.82) is 0 Å². The average molecular weight is 365 g/mol. The van der Waals surface area contributed by atoms with Gasteiger partial charge in [-0.2, -0.15) is 13.2 Å². The molecule has 0 spiro atoms. The van der Waals surface area contributed by atoms with Crippen LogP contribution in [0.1, 0.15) is 30.1 Å². The van der Waals surface area contributed by atoms with Crippen molar-refractivity contribution >= 4 is 0 Å². The van der Waals surface area contributed by atoms with Gasteiger partial charge in [-0.15, -0.1) is 0 Å². The van der Waals surface area contributed by atoms with Crippen molar-refractivity contribution in [3.8, 4) is 5.75 Å². The second-order valence-electron chi connectivity index (χ2n) is 6.35. The molecule has 1 saturated heterocycles. The van der Waals surface area contributed by atoms with Crippen molar-refractivity contribution in [2.24, 2.45) is 0 Å². The van der Waals surface area contributed by atoms with E-state index in [0.717, 1.165) is 37.3 Å². The molecule has 0 aliphatic carbocycles. The summed E-state index contributed by atoms with van der Waals surface area (Å²) in [7, 11) is 0. The van der Waals surface area contributed by atoms with Gasteiger partial charge in [0.2, 0.25) is 0 Å². The molecule has 2 atom stereocenters. The smallest absolute Gasteiger partial charge is 0.416 e. The van der Waals surface area contributed by atoms with Gasteiger partial charge in [0.1, 0.15) is 11.9 Å². The SMILES string of the molecule is FC(F)(F)c1ccc(O[C@H](C[C@@H]2COCCCN2)c2ccccc2)cc1. The zero-order valence-corrected chi connectivity index (χ0v) is 14.3. The Morgan fingerprint density at radius 2 is 1.81 bits per heavy atom. The number of rotatable bonds is 5. The van der Waals surface area contributed by atoms with Crippen LogP contribution in [0.2, 0.25) is 0 Å². The Morgan fingerprint density at radius 1 is 1.08 bits per heavy atom. The summed E-state index contributed by atoms with van der Waals surface area (Å²) in [5.74, 6) is 0.418. The normalized spacial score (nSPS) is 19.6. The zero-order chi connectivity index (χ0) is 18.4. The molecule has 0 aromatic heterocycles. The zero-order valence-electron chi connectivity index (χ0n) is 14.3. The van der Waals surface area contributed by atoms with Gasteiger partial charge >= 0.3 is 6.18 Å². The van der Waals surface area contributed by atoms with E-state index in [1.54, 1.807) is 0 Å². The molecule has 0 amide bonds. The number of ether oxygens (including phenoxy) is 2. The molecule has 0 unspecified atom stereocenters. The van der Waals surface area contributed by atoms with Gasteiger partial charge in [-0.3, -0.25) is 0 Å². The van der Waals surface area contributed by atoms with E-state index in [2.05, 4.69) is 5.32 Å². The molecular weight excluding hydrogens is 343 g/mol. The second-order valence-corrected chi connectivity index (χ2v) is 6.35. The van der Waals surface area contributed by atoms with Crippen molar-refractivity contribution in [2.75, 3.05) is 19.8 Å². The van der Waals surface area contributed by atoms with E-state index in [-0.39, 0.29) is 12.1 Å².